The first-order valence-electron chi connectivity index (χ1n) is 5.20. The third kappa shape index (κ3) is 4.07. The lowest BCUT2D eigenvalue weighted by Crippen LogP contribution is -2.20. The quantitative estimate of drug-likeness (QED) is 0.804. The fourth-order valence-electron chi connectivity index (χ4n) is 1.58. The van der Waals surface area contributed by atoms with Crippen molar-refractivity contribution in [2.45, 2.75) is 25.8 Å². The lowest BCUT2D eigenvalue weighted by atomic mass is 10.0. The Hall–Kier alpha value is -0.780. The molecule has 1 nitrogen and oxygen atoms in total. The van der Waals surface area contributed by atoms with Gasteiger partial charge in [-0.25, -0.2) is 0 Å². The Bertz CT molecular complexity index is 341. The fraction of sp³-hybridized carbons (Fsp3) is 0.385. The van der Waals surface area contributed by atoms with Crippen molar-refractivity contribution in [1.82, 2.24) is 5.32 Å². The van der Waals surface area contributed by atoms with Crippen LogP contribution in [0.15, 0.2) is 28.7 Å². The molecular formula is C13H16BrN. The van der Waals surface area contributed by atoms with Crippen LogP contribution in [0.25, 0.3) is 0 Å². The summed E-state index contributed by atoms with van der Waals surface area (Å²) in [4.78, 5) is 0. The van der Waals surface area contributed by atoms with Crippen LogP contribution in [0, 0.1) is 12.3 Å². The molecule has 1 rings (SSSR count). The number of benzene rings is 1. The van der Waals surface area contributed by atoms with Crippen LogP contribution in [0.5, 0.6) is 0 Å². The van der Waals surface area contributed by atoms with Gasteiger partial charge in [0.1, 0.15) is 0 Å². The highest BCUT2D eigenvalue weighted by Gasteiger charge is 2.08. The summed E-state index contributed by atoms with van der Waals surface area (Å²) in [5.41, 5.74) is 1.29. The molecule has 1 unspecified atom stereocenters. The van der Waals surface area contributed by atoms with Crippen molar-refractivity contribution in [1.29, 1.82) is 0 Å². The summed E-state index contributed by atoms with van der Waals surface area (Å²) in [6.07, 6.45) is 7.09. The van der Waals surface area contributed by atoms with E-state index in [1.54, 1.807) is 0 Å². The molecule has 0 aliphatic rings. The maximum absolute atomic E-state index is 5.29. The Morgan fingerprint density at radius 1 is 1.53 bits per heavy atom. The molecule has 1 N–H and O–H groups in total. The first-order valence-corrected chi connectivity index (χ1v) is 5.99. The second-order valence-corrected chi connectivity index (χ2v) is 4.32. The SMILES string of the molecule is C#CCCC(NCC)c1cccc(Br)c1. The minimum atomic E-state index is 0.364. The topological polar surface area (TPSA) is 12.0 Å². The summed E-state index contributed by atoms with van der Waals surface area (Å²) in [5, 5.41) is 3.44. The van der Waals surface area contributed by atoms with E-state index in [0.717, 1.165) is 23.9 Å². The zero-order chi connectivity index (χ0) is 11.1. The summed E-state index contributed by atoms with van der Waals surface area (Å²) < 4.78 is 1.11. The molecule has 0 aromatic heterocycles. The molecule has 0 aliphatic heterocycles. The van der Waals surface area contributed by atoms with Crippen LogP contribution in [0.1, 0.15) is 31.4 Å². The summed E-state index contributed by atoms with van der Waals surface area (Å²) in [5.74, 6) is 2.69. The molecule has 0 fully saturated rings. The predicted molar refractivity (Wildman–Crippen MR) is 68.6 cm³/mol. The van der Waals surface area contributed by atoms with E-state index in [-0.39, 0.29) is 0 Å². The van der Waals surface area contributed by atoms with Gasteiger partial charge in [0, 0.05) is 16.9 Å². The first-order chi connectivity index (χ1) is 7.27. The molecule has 0 aliphatic carbocycles. The van der Waals surface area contributed by atoms with E-state index in [1.165, 1.54) is 5.56 Å². The Kier molecular flexibility index (Phi) is 5.45. The maximum atomic E-state index is 5.29. The van der Waals surface area contributed by atoms with Gasteiger partial charge in [-0.1, -0.05) is 35.0 Å². The fourth-order valence-corrected chi connectivity index (χ4v) is 2.00. The summed E-state index contributed by atoms with van der Waals surface area (Å²) in [7, 11) is 0. The van der Waals surface area contributed by atoms with E-state index < -0.39 is 0 Å². The molecule has 80 valence electrons. The minimum absolute atomic E-state index is 0.364. The van der Waals surface area contributed by atoms with Gasteiger partial charge < -0.3 is 5.32 Å². The van der Waals surface area contributed by atoms with Gasteiger partial charge in [0.15, 0.2) is 0 Å². The van der Waals surface area contributed by atoms with E-state index in [0.29, 0.717) is 6.04 Å². The van der Waals surface area contributed by atoms with Crippen LogP contribution >= 0.6 is 15.9 Å². The van der Waals surface area contributed by atoms with E-state index in [2.05, 4.69) is 52.3 Å². The van der Waals surface area contributed by atoms with Gasteiger partial charge in [-0.2, -0.15) is 0 Å². The van der Waals surface area contributed by atoms with E-state index in [1.807, 2.05) is 6.07 Å². The average molecular weight is 266 g/mol. The van der Waals surface area contributed by atoms with E-state index >= 15 is 0 Å². The molecule has 0 saturated heterocycles. The van der Waals surface area contributed by atoms with Gasteiger partial charge >= 0.3 is 0 Å². The van der Waals surface area contributed by atoms with Crippen molar-refractivity contribution in [2.75, 3.05) is 6.54 Å². The van der Waals surface area contributed by atoms with E-state index in [9.17, 15) is 0 Å². The summed E-state index contributed by atoms with van der Waals surface area (Å²) in [6, 6.07) is 8.73. The van der Waals surface area contributed by atoms with Crippen LogP contribution in [0.2, 0.25) is 0 Å². The van der Waals surface area contributed by atoms with Crippen molar-refractivity contribution in [3.05, 3.63) is 34.3 Å². The third-order valence-electron chi connectivity index (χ3n) is 2.28. The van der Waals surface area contributed by atoms with Gasteiger partial charge in [-0.15, -0.1) is 12.3 Å². The highest BCUT2D eigenvalue weighted by Crippen LogP contribution is 2.21. The summed E-state index contributed by atoms with van der Waals surface area (Å²) >= 11 is 3.48. The molecule has 2 heteroatoms. The van der Waals surface area contributed by atoms with Gasteiger partial charge in [0.25, 0.3) is 0 Å². The van der Waals surface area contributed by atoms with Crippen LogP contribution in [-0.4, -0.2) is 6.54 Å². The highest BCUT2D eigenvalue weighted by atomic mass is 79.9. The zero-order valence-corrected chi connectivity index (χ0v) is 10.5. The van der Waals surface area contributed by atoms with Crippen LogP contribution < -0.4 is 5.32 Å². The van der Waals surface area contributed by atoms with Crippen molar-refractivity contribution in [2.24, 2.45) is 0 Å². The van der Waals surface area contributed by atoms with Crippen LogP contribution in [0.4, 0.5) is 0 Å². The molecule has 0 amide bonds. The Morgan fingerprint density at radius 2 is 2.33 bits per heavy atom. The van der Waals surface area contributed by atoms with Gasteiger partial charge in [0.05, 0.1) is 0 Å². The van der Waals surface area contributed by atoms with Crippen molar-refractivity contribution in [3.8, 4) is 12.3 Å². The second kappa shape index (κ2) is 6.66. The van der Waals surface area contributed by atoms with Crippen molar-refractivity contribution >= 4 is 15.9 Å². The third-order valence-corrected chi connectivity index (χ3v) is 2.77. The number of hydrogen-bond acceptors (Lipinski definition) is 1. The zero-order valence-electron chi connectivity index (χ0n) is 8.96. The number of terminal acetylenes is 1. The minimum Gasteiger partial charge on any atom is -0.310 e. The Balaban J connectivity index is 2.74. The average Bonchev–Trinajstić information content (AvgIpc) is 2.24. The lowest BCUT2D eigenvalue weighted by Gasteiger charge is -2.17. The summed E-state index contributed by atoms with van der Waals surface area (Å²) in [6.45, 7) is 3.07. The smallest absolute Gasteiger partial charge is 0.0329 e. The number of rotatable bonds is 5. The molecule has 0 spiro atoms. The van der Waals surface area contributed by atoms with Gasteiger partial charge in [-0.3, -0.25) is 0 Å². The highest BCUT2D eigenvalue weighted by molar-refractivity contribution is 9.10. The molecule has 0 heterocycles. The molecule has 1 atom stereocenters. The van der Waals surface area contributed by atoms with Gasteiger partial charge in [-0.05, 0) is 30.7 Å². The van der Waals surface area contributed by atoms with Crippen LogP contribution in [-0.2, 0) is 0 Å². The van der Waals surface area contributed by atoms with Crippen LogP contribution in [0.3, 0.4) is 0 Å². The second-order valence-electron chi connectivity index (χ2n) is 3.41. The molecule has 0 radical (unpaired) electrons. The van der Waals surface area contributed by atoms with Crippen molar-refractivity contribution < 1.29 is 0 Å². The van der Waals surface area contributed by atoms with Gasteiger partial charge in [0.2, 0.25) is 0 Å². The molecular weight excluding hydrogens is 250 g/mol. The number of hydrogen-bond donors (Lipinski definition) is 1. The van der Waals surface area contributed by atoms with E-state index in [4.69, 9.17) is 6.42 Å². The maximum Gasteiger partial charge on any atom is 0.0329 e. The molecule has 0 saturated carbocycles. The monoisotopic (exact) mass is 265 g/mol. The normalized spacial score (nSPS) is 12.1. The first kappa shape index (κ1) is 12.3. The van der Waals surface area contributed by atoms with Crippen molar-refractivity contribution in [3.63, 3.8) is 0 Å². The molecule has 1 aromatic rings. The Morgan fingerprint density at radius 3 is 2.93 bits per heavy atom. The predicted octanol–water partition coefficient (Wildman–Crippen LogP) is 3.51. The standard InChI is InChI=1S/C13H16BrN/c1-3-5-9-13(15-4-2)11-7-6-8-12(14)10-11/h1,6-8,10,13,15H,4-5,9H2,2H3. The molecule has 15 heavy (non-hydrogen) atoms. The lowest BCUT2D eigenvalue weighted by molar-refractivity contribution is 0.522. The number of halogens is 1. The largest absolute Gasteiger partial charge is 0.310 e. The molecule has 1 aromatic carbocycles. The molecule has 0 bridgehead atoms. The Labute approximate surface area is 100 Å². The number of nitrogens with one attached hydrogen (secondary N) is 1.